The maximum absolute atomic E-state index is 12.2. The molecule has 3 atom stereocenters. The summed E-state index contributed by atoms with van der Waals surface area (Å²) in [5.41, 5.74) is 0.247. The lowest BCUT2D eigenvalue weighted by molar-refractivity contribution is -0.129. The normalized spacial score (nSPS) is 49.7. The Bertz CT molecular complexity index is 532. The summed E-state index contributed by atoms with van der Waals surface area (Å²) in [6.07, 6.45) is -5.98. The van der Waals surface area contributed by atoms with E-state index in [1.54, 1.807) is 18.2 Å². The fourth-order valence-electron chi connectivity index (χ4n) is 1.42. The van der Waals surface area contributed by atoms with Gasteiger partial charge in [-0.2, -0.15) is 0 Å². The molecule has 1 heterocycles. The quantitative estimate of drug-likeness (QED) is 0.761. The first kappa shape index (κ1) is 5.66. The van der Waals surface area contributed by atoms with Gasteiger partial charge in [0, 0.05) is 16.3 Å². The number of anilines is 1. The van der Waals surface area contributed by atoms with E-state index in [0.29, 0.717) is 0 Å². The van der Waals surface area contributed by atoms with Crippen LogP contribution >= 0.6 is 0 Å². The van der Waals surface area contributed by atoms with E-state index >= 15 is 0 Å². The molecule has 3 nitrogen and oxygen atoms in total. The molecule has 0 spiro atoms. The Morgan fingerprint density at radius 3 is 2.87 bits per heavy atom. The first-order valence-corrected chi connectivity index (χ1v) is 4.58. The van der Waals surface area contributed by atoms with Gasteiger partial charge in [-0.05, 0) is 24.4 Å². The fourth-order valence-corrected chi connectivity index (χ4v) is 1.42. The van der Waals surface area contributed by atoms with E-state index in [0.717, 1.165) is 11.8 Å². The molecule has 0 aromatic heterocycles. The Morgan fingerprint density at radius 1 is 1.53 bits per heavy atom. The van der Waals surface area contributed by atoms with Gasteiger partial charge < -0.3 is 10.0 Å². The van der Waals surface area contributed by atoms with Crippen LogP contribution in [0.1, 0.15) is 20.2 Å². The summed E-state index contributed by atoms with van der Waals surface area (Å²) < 4.78 is 39.1. The summed E-state index contributed by atoms with van der Waals surface area (Å²) >= 11 is 0. The van der Waals surface area contributed by atoms with Crippen molar-refractivity contribution in [3.63, 3.8) is 0 Å². The van der Waals surface area contributed by atoms with Gasteiger partial charge in [-0.25, -0.2) is 0 Å². The number of piperidine rings is 1. The number of aliphatic hydroxyl groups is 1. The Kier molecular flexibility index (Phi) is 1.52. The molecule has 1 fully saturated rings. The number of carbonyl (C=O) groups excluding carboxylic acids is 1. The van der Waals surface area contributed by atoms with Gasteiger partial charge in [0.05, 0.1) is 2.74 Å². The highest BCUT2D eigenvalue weighted by atomic mass is 16.3. The number of para-hydroxylation sites is 1. The van der Waals surface area contributed by atoms with Crippen LogP contribution in [0.15, 0.2) is 30.3 Å². The zero-order valence-electron chi connectivity index (χ0n) is 13.3. The second kappa shape index (κ2) is 4.03. The standard InChI is InChI=1S/C12H15NO2/c1-9-7-11(14)12(15)13(8-9)10-5-3-2-4-6-10/h2-6,9,11,14H,7-8H2,1H3/i7D2,8D,9D,11D. The molecule has 0 bridgehead atoms. The van der Waals surface area contributed by atoms with Gasteiger partial charge in [-0.3, -0.25) is 4.79 Å². The van der Waals surface area contributed by atoms with Gasteiger partial charge in [-0.1, -0.05) is 25.1 Å². The zero-order valence-corrected chi connectivity index (χ0v) is 8.27. The number of nitrogens with zero attached hydrogens (tertiary/aromatic N) is 1. The van der Waals surface area contributed by atoms with E-state index in [-0.39, 0.29) is 5.69 Å². The summed E-state index contributed by atoms with van der Waals surface area (Å²) in [5.74, 6) is -3.40. The van der Waals surface area contributed by atoms with E-state index in [4.69, 9.17) is 6.85 Å². The van der Waals surface area contributed by atoms with Gasteiger partial charge in [0.15, 0.2) is 0 Å². The Balaban J connectivity index is 2.59. The minimum Gasteiger partial charge on any atom is -0.383 e. The summed E-state index contributed by atoms with van der Waals surface area (Å²) in [5, 5.41) is 9.95. The average molecular weight is 210 g/mol. The van der Waals surface area contributed by atoms with Crippen molar-refractivity contribution in [3.05, 3.63) is 30.3 Å². The molecular weight excluding hydrogens is 190 g/mol. The molecule has 1 amide bonds. The van der Waals surface area contributed by atoms with Crippen LogP contribution in [0.25, 0.3) is 0 Å². The van der Waals surface area contributed by atoms with Crippen LogP contribution in [0, 0.1) is 5.89 Å². The molecule has 1 aliphatic heterocycles. The van der Waals surface area contributed by atoms with Crippen LogP contribution in [0.4, 0.5) is 5.69 Å². The summed E-state index contributed by atoms with van der Waals surface area (Å²) in [4.78, 5) is 13.0. The molecule has 15 heavy (non-hydrogen) atoms. The fraction of sp³-hybridized carbons (Fsp3) is 0.417. The molecule has 3 heteroatoms. The van der Waals surface area contributed by atoms with Crippen LogP contribution in [0.3, 0.4) is 0 Å². The van der Waals surface area contributed by atoms with E-state index in [9.17, 15) is 9.90 Å². The summed E-state index contributed by atoms with van der Waals surface area (Å²) in [6, 6.07) is 7.94. The second-order valence-corrected chi connectivity index (χ2v) is 3.30. The van der Waals surface area contributed by atoms with Crippen LogP contribution in [0.5, 0.6) is 0 Å². The predicted octanol–water partition coefficient (Wildman–Crippen LogP) is 1.42. The molecule has 1 saturated heterocycles. The molecule has 1 N–H and O–H groups in total. The molecular formula is C12H15NO2. The third-order valence-electron chi connectivity index (χ3n) is 2.09. The first-order valence-electron chi connectivity index (χ1n) is 7.16. The highest BCUT2D eigenvalue weighted by Gasteiger charge is 2.31. The molecule has 0 saturated carbocycles. The third kappa shape index (κ3) is 2.02. The van der Waals surface area contributed by atoms with E-state index in [1.807, 2.05) is 0 Å². The van der Waals surface area contributed by atoms with Crippen LogP contribution in [0.2, 0.25) is 0 Å². The molecule has 0 radical (unpaired) electrons. The molecule has 2 rings (SSSR count). The van der Waals surface area contributed by atoms with Gasteiger partial charge in [0.2, 0.25) is 0 Å². The monoisotopic (exact) mass is 210 g/mol. The lowest BCUT2D eigenvalue weighted by atomic mass is 9.97. The Hall–Kier alpha value is -1.35. The largest absolute Gasteiger partial charge is 0.383 e. The number of benzene rings is 1. The molecule has 1 aliphatic rings. The lowest BCUT2D eigenvalue weighted by Gasteiger charge is -2.33. The third-order valence-corrected chi connectivity index (χ3v) is 2.09. The topological polar surface area (TPSA) is 40.5 Å². The average Bonchev–Trinajstić information content (AvgIpc) is 2.38. The van der Waals surface area contributed by atoms with E-state index in [1.165, 1.54) is 12.1 Å². The number of carbonyl (C=O) groups is 1. The summed E-state index contributed by atoms with van der Waals surface area (Å²) in [7, 11) is 0. The molecule has 3 unspecified atom stereocenters. The predicted molar refractivity (Wildman–Crippen MR) is 58.6 cm³/mol. The first-order chi connectivity index (χ1) is 9.05. The van der Waals surface area contributed by atoms with Crippen molar-refractivity contribution in [1.29, 1.82) is 0 Å². The Morgan fingerprint density at radius 2 is 2.20 bits per heavy atom. The minimum atomic E-state index is -3.11. The minimum absolute atomic E-state index is 0.247. The van der Waals surface area contributed by atoms with Crippen molar-refractivity contribution in [2.24, 2.45) is 5.89 Å². The second-order valence-electron chi connectivity index (χ2n) is 3.30. The highest BCUT2D eigenvalue weighted by Crippen LogP contribution is 2.23. The number of hydrogen-bond acceptors (Lipinski definition) is 2. The summed E-state index contributed by atoms with van der Waals surface area (Å²) in [6.45, 7) is -0.468. The van der Waals surface area contributed by atoms with Crippen molar-refractivity contribution in [1.82, 2.24) is 0 Å². The van der Waals surface area contributed by atoms with Gasteiger partial charge >= 0.3 is 0 Å². The lowest BCUT2D eigenvalue weighted by Crippen LogP contribution is -2.47. The van der Waals surface area contributed by atoms with Gasteiger partial charge in [0.1, 0.15) is 6.08 Å². The molecule has 1 aromatic carbocycles. The van der Waals surface area contributed by atoms with Crippen molar-refractivity contribution < 1.29 is 16.8 Å². The van der Waals surface area contributed by atoms with Crippen molar-refractivity contribution in [3.8, 4) is 0 Å². The molecule has 80 valence electrons. The van der Waals surface area contributed by atoms with Crippen LogP contribution < -0.4 is 4.90 Å². The number of rotatable bonds is 1. The van der Waals surface area contributed by atoms with E-state index in [2.05, 4.69) is 0 Å². The maximum atomic E-state index is 12.2. The van der Waals surface area contributed by atoms with Gasteiger partial charge in [0.25, 0.3) is 5.91 Å². The molecule has 1 aromatic rings. The smallest absolute Gasteiger partial charge is 0.255 e. The number of hydrogen-bond donors (Lipinski definition) is 1. The van der Waals surface area contributed by atoms with Crippen molar-refractivity contribution in [2.75, 3.05) is 11.4 Å². The van der Waals surface area contributed by atoms with Crippen molar-refractivity contribution >= 4 is 11.6 Å². The molecule has 0 aliphatic carbocycles. The van der Waals surface area contributed by atoms with Gasteiger partial charge in [-0.15, -0.1) is 0 Å². The van der Waals surface area contributed by atoms with Crippen LogP contribution in [-0.4, -0.2) is 23.6 Å². The van der Waals surface area contributed by atoms with Crippen LogP contribution in [-0.2, 0) is 4.79 Å². The Labute approximate surface area is 96.4 Å². The van der Waals surface area contributed by atoms with Crippen molar-refractivity contribution in [2.45, 2.75) is 19.4 Å². The SMILES string of the molecule is [2H]C1N(c2ccccc2)C(=O)C([2H])(O)C([2H])([2H])C1([2H])C. The zero-order chi connectivity index (χ0) is 15.3. The highest BCUT2D eigenvalue weighted by molar-refractivity contribution is 5.97. The van der Waals surface area contributed by atoms with E-state index < -0.39 is 30.8 Å². The maximum Gasteiger partial charge on any atom is 0.255 e. The number of amides is 1.